The molecule has 0 saturated heterocycles. The Morgan fingerprint density at radius 3 is 2.35 bits per heavy atom. The lowest BCUT2D eigenvalue weighted by atomic mass is 10.2. The van der Waals surface area contributed by atoms with Gasteiger partial charge in [0.15, 0.2) is 0 Å². The van der Waals surface area contributed by atoms with Crippen LogP contribution in [-0.2, 0) is 0 Å². The third-order valence-electron chi connectivity index (χ3n) is 2.38. The Balaban J connectivity index is 2.63. The van der Waals surface area contributed by atoms with Crippen LogP contribution < -0.4 is 10.6 Å². The summed E-state index contributed by atoms with van der Waals surface area (Å²) in [5.74, 6) is 0.671. The van der Waals surface area contributed by atoms with Crippen molar-refractivity contribution >= 4 is 18.3 Å². The van der Waals surface area contributed by atoms with Gasteiger partial charge in [-0.1, -0.05) is 30.9 Å². The number of thiol groups is 1. The monoisotopic (exact) mass is 248 g/mol. The van der Waals surface area contributed by atoms with E-state index in [1.165, 1.54) is 5.56 Å². The number of hydrogen-bond donors (Lipinski definition) is 3. The molecule has 1 atom stereocenters. The predicted octanol–water partition coefficient (Wildman–Crippen LogP) is 3.34. The molecule has 0 heterocycles. The van der Waals surface area contributed by atoms with Gasteiger partial charge in [-0.05, 0) is 26.0 Å². The summed E-state index contributed by atoms with van der Waals surface area (Å²) in [7, 11) is 0. The summed E-state index contributed by atoms with van der Waals surface area (Å²) in [5.41, 5.74) is 4.09. The SMILES string of the molecule is C=C(C)NC(CS)C(=C)Nc1ccc(C)cc1. The number of rotatable bonds is 6. The van der Waals surface area contributed by atoms with Crippen LogP contribution >= 0.6 is 12.6 Å². The molecule has 1 aromatic carbocycles. The first-order chi connectivity index (χ1) is 8.02. The molecule has 0 aliphatic rings. The fourth-order valence-electron chi connectivity index (χ4n) is 1.45. The first-order valence-electron chi connectivity index (χ1n) is 5.58. The molecule has 0 aliphatic carbocycles. The molecule has 0 aliphatic heterocycles. The highest BCUT2D eigenvalue weighted by atomic mass is 32.1. The van der Waals surface area contributed by atoms with Crippen LogP contribution in [-0.4, -0.2) is 11.8 Å². The van der Waals surface area contributed by atoms with Gasteiger partial charge in [-0.3, -0.25) is 0 Å². The van der Waals surface area contributed by atoms with Crippen LogP contribution in [0.3, 0.4) is 0 Å². The van der Waals surface area contributed by atoms with Crippen molar-refractivity contribution in [2.45, 2.75) is 19.9 Å². The highest BCUT2D eigenvalue weighted by molar-refractivity contribution is 7.80. The van der Waals surface area contributed by atoms with Gasteiger partial charge in [-0.15, -0.1) is 0 Å². The van der Waals surface area contributed by atoms with Crippen molar-refractivity contribution < 1.29 is 0 Å². The number of hydrogen-bond acceptors (Lipinski definition) is 3. The number of nitrogens with one attached hydrogen (secondary N) is 2. The van der Waals surface area contributed by atoms with E-state index in [9.17, 15) is 0 Å². The zero-order valence-electron chi connectivity index (χ0n) is 10.5. The summed E-state index contributed by atoms with van der Waals surface area (Å²) in [6.45, 7) is 11.9. The average molecular weight is 248 g/mol. The second kappa shape index (κ2) is 6.40. The van der Waals surface area contributed by atoms with Crippen LogP contribution in [0.5, 0.6) is 0 Å². The maximum atomic E-state index is 4.31. The topological polar surface area (TPSA) is 24.1 Å². The number of allylic oxidation sites excluding steroid dienone is 1. The van der Waals surface area contributed by atoms with E-state index in [2.05, 4.69) is 55.5 Å². The van der Waals surface area contributed by atoms with Gasteiger partial charge in [0.05, 0.1) is 6.04 Å². The zero-order chi connectivity index (χ0) is 12.8. The first kappa shape index (κ1) is 13.7. The van der Waals surface area contributed by atoms with E-state index in [4.69, 9.17) is 0 Å². The zero-order valence-corrected chi connectivity index (χ0v) is 11.3. The van der Waals surface area contributed by atoms with Gasteiger partial charge in [0.1, 0.15) is 0 Å². The summed E-state index contributed by atoms with van der Waals surface area (Å²) in [6.07, 6.45) is 0. The average Bonchev–Trinajstić information content (AvgIpc) is 2.28. The summed E-state index contributed by atoms with van der Waals surface area (Å²) >= 11 is 4.31. The molecule has 0 spiro atoms. The lowest BCUT2D eigenvalue weighted by Gasteiger charge is -2.21. The fourth-order valence-corrected chi connectivity index (χ4v) is 1.76. The van der Waals surface area contributed by atoms with Crippen LogP contribution in [0.15, 0.2) is 48.8 Å². The predicted molar refractivity (Wildman–Crippen MR) is 79.5 cm³/mol. The second-order valence-electron chi connectivity index (χ2n) is 4.18. The first-order valence-corrected chi connectivity index (χ1v) is 6.21. The Morgan fingerprint density at radius 2 is 1.88 bits per heavy atom. The van der Waals surface area contributed by atoms with Crippen LogP contribution in [0.1, 0.15) is 12.5 Å². The third-order valence-corrected chi connectivity index (χ3v) is 2.75. The van der Waals surface area contributed by atoms with Crippen LogP contribution in [0.2, 0.25) is 0 Å². The van der Waals surface area contributed by atoms with Crippen molar-refractivity contribution in [2.75, 3.05) is 11.1 Å². The van der Waals surface area contributed by atoms with E-state index in [1.54, 1.807) is 0 Å². The number of aryl methyl sites for hydroxylation is 1. The summed E-state index contributed by atoms with van der Waals surface area (Å²) in [5, 5.41) is 6.51. The minimum absolute atomic E-state index is 0.0807. The van der Waals surface area contributed by atoms with E-state index in [0.717, 1.165) is 17.1 Å². The van der Waals surface area contributed by atoms with E-state index < -0.39 is 0 Å². The molecular weight excluding hydrogens is 228 g/mol. The summed E-state index contributed by atoms with van der Waals surface area (Å²) in [6, 6.07) is 8.29. The molecule has 1 aromatic rings. The molecule has 2 N–H and O–H groups in total. The van der Waals surface area contributed by atoms with E-state index in [-0.39, 0.29) is 6.04 Å². The van der Waals surface area contributed by atoms with Gasteiger partial charge in [-0.2, -0.15) is 12.6 Å². The van der Waals surface area contributed by atoms with Crippen molar-refractivity contribution in [3.05, 3.63) is 54.4 Å². The molecule has 0 saturated carbocycles. The van der Waals surface area contributed by atoms with Crippen molar-refractivity contribution in [1.82, 2.24) is 5.32 Å². The van der Waals surface area contributed by atoms with Crippen LogP contribution in [0, 0.1) is 6.92 Å². The molecule has 1 unspecified atom stereocenters. The molecule has 0 radical (unpaired) electrons. The second-order valence-corrected chi connectivity index (χ2v) is 4.54. The molecule has 17 heavy (non-hydrogen) atoms. The quantitative estimate of drug-likeness (QED) is 0.673. The molecule has 0 fully saturated rings. The lowest BCUT2D eigenvalue weighted by molar-refractivity contribution is 0.710. The van der Waals surface area contributed by atoms with Gasteiger partial charge < -0.3 is 10.6 Å². The molecule has 92 valence electrons. The Kier molecular flexibility index (Phi) is 5.16. The summed E-state index contributed by atoms with van der Waals surface area (Å²) in [4.78, 5) is 0. The molecule has 3 heteroatoms. The molecule has 0 bridgehead atoms. The Hall–Kier alpha value is -1.35. The third kappa shape index (κ3) is 4.57. The highest BCUT2D eigenvalue weighted by Crippen LogP contribution is 2.13. The van der Waals surface area contributed by atoms with Crippen molar-refractivity contribution in [3.63, 3.8) is 0 Å². The molecular formula is C14H20N2S. The molecule has 0 amide bonds. The minimum atomic E-state index is 0.0807. The largest absolute Gasteiger partial charge is 0.380 e. The van der Waals surface area contributed by atoms with Crippen molar-refractivity contribution in [1.29, 1.82) is 0 Å². The van der Waals surface area contributed by atoms with Gasteiger partial charge in [0.2, 0.25) is 0 Å². The highest BCUT2D eigenvalue weighted by Gasteiger charge is 2.09. The lowest BCUT2D eigenvalue weighted by Crippen LogP contribution is -2.33. The van der Waals surface area contributed by atoms with Gasteiger partial charge in [0, 0.05) is 22.8 Å². The van der Waals surface area contributed by atoms with Crippen molar-refractivity contribution in [3.8, 4) is 0 Å². The Bertz CT molecular complexity index is 395. The Labute approximate surface area is 109 Å². The van der Waals surface area contributed by atoms with E-state index >= 15 is 0 Å². The fraction of sp³-hybridized carbons (Fsp3) is 0.286. The standard InChI is InChI=1S/C14H20N2S/c1-10(2)15-14(9-17)12(4)16-13-7-5-11(3)6-8-13/h5-8,14-17H,1,4,9H2,2-3H3. The van der Waals surface area contributed by atoms with Gasteiger partial charge in [0.25, 0.3) is 0 Å². The van der Waals surface area contributed by atoms with Crippen LogP contribution in [0.4, 0.5) is 5.69 Å². The molecule has 0 aromatic heterocycles. The molecule has 1 rings (SSSR count). The minimum Gasteiger partial charge on any atom is -0.380 e. The van der Waals surface area contributed by atoms with Gasteiger partial charge in [-0.25, -0.2) is 0 Å². The maximum Gasteiger partial charge on any atom is 0.0741 e. The van der Waals surface area contributed by atoms with E-state index in [0.29, 0.717) is 5.75 Å². The smallest absolute Gasteiger partial charge is 0.0741 e. The van der Waals surface area contributed by atoms with Gasteiger partial charge >= 0.3 is 0 Å². The van der Waals surface area contributed by atoms with Crippen molar-refractivity contribution in [2.24, 2.45) is 0 Å². The van der Waals surface area contributed by atoms with Crippen LogP contribution in [0.25, 0.3) is 0 Å². The maximum absolute atomic E-state index is 4.31. The normalized spacial score (nSPS) is 11.7. The number of anilines is 1. The summed E-state index contributed by atoms with van der Waals surface area (Å²) < 4.78 is 0. The number of benzene rings is 1. The van der Waals surface area contributed by atoms with E-state index in [1.807, 2.05) is 19.1 Å². The molecule has 2 nitrogen and oxygen atoms in total. The Morgan fingerprint density at radius 1 is 1.29 bits per heavy atom.